The summed E-state index contributed by atoms with van der Waals surface area (Å²) < 4.78 is 26.6. The van der Waals surface area contributed by atoms with Gasteiger partial charge in [0, 0.05) is 106 Å². The van der Waals surface area contributed by atoms with Gasteiger partial charge in [-0.05, 0) is 183 Å². The standard InChI is InChI=1S/2C21H24N4O3S2.2C19H22N4O2S2/c1-11-17-13(7-9-25(11)20(27)28-21(3,4)5)16(18(30-17)23-12(2)26)19-24-14-10-22-8-6-15(14)29-19;1-11-8-13-16(10-25(11)20(27)28-21(3,4)5)30-18(23-12(2)26)17(13)19-24-14-9-22-7-6-15(14)29-19;1-10-15-11(6-8-23(10)18(24)25-19(2,3)4)14(16(20)27-15)17-22-12-9-21-7-5-13(12)26-17;1-10-7-11-14(9-23(10)18(24)25-19(2,3)4)26-16(20)15(11)17-22-12-8-21-6-5-13(12)27-17/h6,8,10-11H,7,9H2,1-5H3,(H,23,26);6-7,9,11H,8,10H2,1-5H3,(H,23,26);5,7,9-10H,6,8,20H2,1-4H3;5-6,8,10H,7,9,20H2,1-4H3. The molecule has 0 fully saturated rings. The molecule has 114 heavy (non-hydrogen) atoms. The monoisotopic (exact) mass is 1690 g/mol. The fraction of sp³-hybridized carbons (Fsp3) is 0.425. The second kappa shape index (κ2) is 32.7. The summed E-state index contributed by atoms with van der Waals surface area (Å²) in [6.45, 7) is 35.7. The average Bonchev–Trinajstić information content (AvgIpc) is 1.62. The fourth-order valence-electron chi connectivity index (χ4n) is 13.7. The number of carbonyl (C=O) groups excluding carboxylic acids is 6. The molecule has 0 spiro atoms. The highest BCUT2D eigenvalue weighted by molar-refractivity contribution is 7.24. The molecule has 0 saturated heterocycles. The number of hydrogen-bond donors (Lipinski definition) is 4. The summed E-state index contributed by atoms with van der Waals surface area (Å²) in [5, 5.41) is 12.6. The predicted octanol–water partition coefficient (Wildman–Crippen LogP) is 19.8. The van der Waals surface area contributed by atoms with Crippen LogP contribution in [0.2, 0.25) is 0 Å². The molecule has 4 unspecified atom stereocenters. The van der Waals surface area contributed by atoms with Gasteiger partial charge in [0.2, 0.25) is 11.8 Å². The molecule has 600 valence electrons. The number of hydrogen-bond acceptors (Lipinski definition) is 28. The lowest BCUT2D eigenvalue weighted by atomic mass is 9.97. The number of nitrogens with zero attached hydrogens (tertiary/aromatic N) is 12. The first-order valence-electron chi connectivity index (χ1n) is 37.2. The van der Waals surface area contributed by atoms with Gasteiger partial charge in [-0.3, -0.25) is 29.5 Å². The first-order valence-corrected chi connectivity index (χ1v) is 43.7. The molecule has 16 rings (SSSR count). The third-order valence-electron chi connectivity index (χ3n) is 18.6. The number of nitrogens with two attached hydrogens (primary N) is 2. The van der Waals surface area contributed by atoms with Crippen molar-refractivity contribution >= 4 is 188 Å². The first kappa shape index (κ1) is 82.6. The van der Waals surface area contributed by atoms with Crippen LogP contribution in [0.25, 0.3) is 83.2 Å². The van der Waals surface area contributed by atoms with E-state index in [0.717, 1.165) is 147 Å². The van der Waals surface area contributed by atoms with Crippen molar-refractivity contribution in [3.05, 3.63) is 116 Å². The molecule has 0 aliphatic carbocycles. The maximum atomic E-state index is 12.7. The van der Waals surface area contributed by atoms with Crippen LogP contribution in [-0.4, -0.2) is 143 Å². The number of rotatable bonds is 6. The summed E-state index contributed by atoms with van der Waals surface area (Å²) >= 11 is 12.5. The van der Waals surface area contributed by atoms with Gasteiger partial charge in [0.25, 0.3) is 0 Å². The summed E-state index contributed by atoms with van der Waals surface area (Å²) in [5.74, 6) is -0.260. The Morgan fingerprint density at radius 1 is 0.404 bits per heavy atom. The molecule has 12 aromatic rings. The molecule has 34 heteroatoms. The van der Waals surface area contributed by atoms with E-state index >= 15 is 0 Å². The molecule has 4 aliphatic heterocycles. The van der Waals surface area contributed by atoms with Gasteiger partial charge in [-0.25, -0.2) is 39.1 Å². The Labute approximate surface area is 692 Å². The van der Waals surface area contributed by atoms with Crippen molar-refractivity contribution in [2.75, 3.05) is 35.2 Å². The van der Waals surface area contributed by atoms with E-state index in [0.29, 0.717) is 39.0 Å². The highest BCUT2D eigenvalue weighted by Gasteiger charge is 2.41. The van der Waals surface area contributed by atoms with E-state index < -0.39 is 22.4 Å². The van der Waals surface area contributed by atoms with Crippen LogP contribution in [0.4, 0.5) is 39.2 Å². The third-order valence-corrected chi connectivity index (χ3v) is 27.6. The number of thiazole rings is 4. The van der Waals surface area contributed by atoms with Gasteiger partial charge >= 0.3 is 24.4 Å². The molecular weight excluding hydrogens is 1600 g/mol. The Balaban J connectivity index is 0.000000133. The lowest BCUT2D eigenvalue weighted by Crippen LogP contribution is -2.44. The molecule has 6 amide bonds. The van der Waals surface area contributed by atoms with Crippen molar-refractivity contribution in [1.82, 2.24) is 59.5 Å². The van der Waals surface area contributed by atoms with E-state index in [4.69, 9.17) is 50.4 Å². The van der Waals surface area contributed by atoms with E-state index in [1.54, 1.807) is 137 Å². The molecule has 0 radical (unpaired) electrons. The highest BCUT2D eigenvalue weighted by atomic mass is 32.1. The maximum absolute atomic E-state index is 12.7. The van der Waals surface area contributed by atoms with Crippen LogP contribution in [0.15, 0.2) is 73.8 Å². The first-order chi connectivity index (χ1) is 53.7. The number of aromatic nitrogens is 8. The lowest BCUT2D eigenvalue weighted by Gasteiger charge is -2.35. The zero-order chi connectivity index (χ0) is 81.9. The minimum atomic E-state index is -0.548. The maximum Gasteiger partial charge on any atom is 0.410 e. The normalized spacial score (nSPS) is 16.8. The summed E-state index contributed by atoms with van der Waals surface area (Å²) in [5.41, 5.74) is 22.8. The van der Waals surface area contributed by atoms with Crippen molar-refractivity contribution in [2.24, 2.45) is 0 Å². The fourth-order valence-corrected chi connectivity index (χ4v) is 22.9. The van der Waals surface area contributed by atoms with Gasteiger partial charge in [0.15, 0.2) is 0 Å². The second-order valence-corrected chi connectivity index (χ2v) is 40.6. The van der Waals surface area contributed by atoms with E-state index in [1.807, 2.05) is 135 Å². The number of carbonyl (C=O) groups is 6. The van der Waals surface area contributed by atoms with Gasteiger partial charge < -0.3 is 60.6 Å². The summed E-state index contributed by atoms with van der Waals surface area (Å²) in [4.78, 5) is 121. The third kappa shape index (κ3) is 18.3. The second-order valence-electron chi connectivity index (χ2n) is 32.1. The summed E-state index contributed by atoms with van der Waals surface area (Å²) in [6.07, 6.45) is 15.8. The van der Waals surface area contributed by atoms with Crippen molar-refractivity contribution < 1.29 is 47.7 Å². The van der Waals surface area contributed by atoms with Crippen molar-refractivity contribution in [1.29, 1.82) is 0 Å². The van der Waals surface area contributed by atoms with Crippen molar-refractivity contribution in [3.8, 4) is 42.3 Å². The topological polar surface area (TPSA) is 332 Å². The van der Waals surface area contributed by atoms with Crippen LogP contribution < -0.4 is 22.1 Å². The average molecular weight is 1690 g/mol. The van der Waals surface area contributed by atoms with Gasteiger partial charge in [0.1, 0.15) is 74.5 Å². The molecular formula is C80H92N16O10S8. The van der Waals surface area contributed by atoms with E-state index in [9.17, 15) is 28.8 Å². The van der Waals surface area contributed by atoms with Crippen molar-refractivity contribution in [2.45, 2.75) is 210 Å². The molecule has 4 atom stereocenters. The van der Waals surface area contributed by atoms with E-state index in [2.05, 4.69) is 30.6 Å². The highest BCUT2D eigenvalue weighted by Crippen LogP contribution is 2.52. The van der Waals surface area contributed by atoms with Gasteiger partial charge in [-0.1, -0.05) is 0 Å². The van der Waals surface area contributed by atoms with E-state index in [-0.39, 0.29) is 60.4 Å². The van der Waals surface area contributed by atoms with Crippen LogP contribution in [0, 0.1) is 0 Å². The minimum absolute atomic E-state index is 0.0260. The van der Waals surface area contributed by atoms with E-state index in [1.165, 1.54) is 47.6 Å². The summed E-state index contributed by atoms with van der Waals surface area (Å²) in [7, 11) is 0. The molecule has 0 bridgehead atoms. The van der Waals surface area contributed by atoms with Gasteiger partial charge in [-0.2, -0.15) is 0 Å². The number of ether oxygens (including phenoxy) is 4. The molecule has 6 N–H and O–H groups in total. The Hall–Kier alpha value is -9.42. The van der Waals surface area contributed by atoms with Crippen molar-refractivity contribution in [3.63, 3.8) is 0 Å². The zero-order valence-corrected chi connectivity index (χ0v) is 73.3. The van der Waals surface area contributed by atoms with Crippen LogP contribution >= 0.6 is 90.7 Å². The van der Waals surface area contributed by atoms with Gasteiger partial charge in [-0.15, -0.1) is 90.7 Å². The lowest BCUT2D eigenvalue weighted by molar-refractivity contribution is -0.115. The molecule has 4 aliphatic rings. The smallest absolute Gasteiger partial charge is 0.410 e. The minimum Gasteiger partial charge on any atom is -0.444 e. The number of pyridine rings is 4. The number of fused-ring (bicyclic) bond motifs is 8. The zero-order valence-electron chi connectivity index (χ0n) is 66.8. The predicted molar refractivity (Wildman–Crippen MR) is 460 cm³/mol. The van der Waals surface area contributed by atoms with Crippen LogP contribution in [0.1, 0.15) is 178 Å². The molecule has 0 aromatic carbocycles. The molecule has 12 aromatic heterocycles. The van der Waals surface area contributed by atoms with Crippen LogP contribution in [0.3, 0.4) is 0 Å². The van der Waals surface area contributed by atoms with Crippen LogP contribution in [0.5, 0.6) is 0 Å². The quantitative estimate of drug-likeness (QED) is 0.112. The Morgan fingerprint density at radius 3 is 1.06 bits per heavy atom. The summed E-state index contributed by atoms with van der Waals surface area (Å²) in [6, 6.07) is 7.63. The number of anilines is 4. The largest absolute Gasteiger partial charge is 0.444 e. The van der Waals surface area contributed by atoms with Crippen LogP contribution in [-0.2, 0) is 67.3 Å². The number of amides is 6. The Morgan fingerprint density at radius 2 is 0.702 bits per heavy atom. The van der Waals surface area contributed by atoms with Gasteiger partial charge in [0.05, 0.1) is 78.8 Å². The molecule has 16 heterocycles. The number of nitrogen functional groups attached to an aromatic ring is 2. The Bertz CT molecular complexity index is 5480. The SMILES string of the molecule is CC(=O)Nc1sc2c(c1-c1nc3cnccc3s1)CC(C)N(C(=O)OC(C)(C)C)C2.CC(=O)Nc1sc2c(c1-c1nc3cnccc3s1)CCN(C(=O)OC(C)(C)C)C2C.CC1Cc2c(sc(N)c2-c2nc3cnccc3s2)CN1C(=O)OC(C)(C)C.CC1c2sc(N)c(-c3nc4cnccc4s3)c2CCN1C(=O)OC(C)(C)C. The number of thiophene rings is 4. The molecule has 26 nitrogen and oxygen atoms in total. The Kier molecular flexibility index (Phi) is 23.7. The molecule has 0 saturated carbocycles. The number of nitrogens with one attached hydrogen (secondary N) is 2.